The summed E-state index contributed by atoms with van der Waals surface area (Å²) >= 11 is 0. The second-order valence-corrected chi connectivity index (χ2v) is 3.82. The number of aliphatic hydroxyl groups excluding tert-OH is 1. The van der Waals surface area contributed by atoms with Gasteiger partial charge in [-0.2, -0.15) is 0 Å². The highest BCUT2D eigenvalue weighted by Gasteiger charge is 2.06. The third-order valence-electron chi connectivity index (χ3n) is 1.65. The summed E-state index contributed by atoms with van der Waals surface area (Å²) < 4.78 is 4.87. The van der Waals surface area contributed by atoms with Crippen molar-refractivity contribution in [2.45, 2.75) is 39.7 Å². The Bertz CT molecular complexity index is 159. The number of hydrogen-bond donors (Lipinski definition) is 2. The Morgan fingerprint density at radius 2 is 2.14 bits per heavy atom. The molecule has 2 N–H and O–H groups in total. The van der Waals surface area contributed by atoms with Crippen LogP contribution in [0.1, 0.15) is 33.6 Å². The highest BCUT2D eigenvalue weighted by molar-refractivity contribution is 5.67. The lowest BCUT2D eigenvalue weighted by Gasteiger charge is -2.11. The standard InChI is InChI=1S/C10H21NO3/c1-4-5-9(12)6-11-10(13)14-7-8(2)3/h8-9,12H,4-7H2,1-3H3,(H,11,13). The molecule has 1 unspecified atom stereocenters. The molecule has 84 valence electrons. The summed E-state index contributed by atoms with van der Waals surface area (Å²) in [6.45, 7) is 6.61. The molecule has 14 heavy (non-hydrogen) atoms. The van der Waals surface area contributed by atoms with Crippen LogP contribution in [0.2, 0.25) is 0 Å². The zero-order valence-electron chi connectivity index (χ0n) is 9.25. The smallest absolute Gasteiger partial charge is 0.407 e. The Morgan fingerprint density at radius 1 is 1.50 bits per heavy atom. The number of ether oxygens (including phenoxy) is 1. The van der Waals surface area contributed by atoms with Crippen LogP contribution < -0.4 is 5.32 Å². The van der Waals surface area contributed by atoms with Gasteiger partial charge >= 0.3 is 6.09 Å². The van der Waals surface area contributed by atoms with E-state index in [2.05, 4.69) is 5.32 Å². The Morgan fingerprint density at radius 3 is 2.64 bits per heavy atom. The Kier molecular flexibility index (Phi) is 7.20. The van der Waals surface area contributed by atoms with Crippen molar-refractivity contribution in [3.63, 3.8) is 0 Å². The first-order valence-electron chi connectivity index (χ1n) is 5.15. The molecular weight excluding hydrogens is 182 g/mol. The van der Waals surface area contributed by atoms with Crippen LogP contribution in [-0.4, -0.2) is 30.5 Å². The minimum Gasteiger partial charge on any atom is -0.449 e. The van der Waals surface area contributed by atoms with Gasteiger partial charge in [0.05, 0.1) is 12.7 Å². The third kappa shape index (κ3) is 7.86. The molecule has 0 aromatic heterocycles. The normalized spacial score (nSPS) is 12.6. The molecule has 0 heterocycles. The number of aliphatic hydroxyl groups is 1. The van der Waals surface area contributed by atoms with E-state index in [1.165, 1.54) is 0 Å². The average Bonchev–Trinajstić information content (AvgIpc) is 2.12. The molecule has 0 spiro atoms. The molecule has 0 rings (SSSR count). The van der Waals surface area contributed by atoms with E-state index in [-0.39, 0.29) is 6.54 Å². The zero-order chi connectivity index (χ0) is 11.0. The SMILES string of the molecule is CCCC(O)CNC(=O)OCC(C)C. The summed E-state index contributed by atoms with van der Waals surface area (Å²) in [6, 6.07) is 0. The zero-order valence-corrected chi connectivity index (χ0v) is 9.25. The molecule has 0 aromatic carbocycles. The maximum atomic E-state index is 11.0. The molecule has 1 amide bonds. The second-order valence-electron chi connectivity index (χ2n) is 3.82. The van der Waals surface area contributed by atoms with Gasteiger partial charge < -0.3 is 15.2 Å². The van der Waals surface area contributed by atoms with E-state index in [4.69, 9.17) is 4.74 Å². The van der Waals surface area contributed by atoms with Gasteiger partial charge in [-0.25, -0.2) is 4.79 Å². The van der Waals surface area contributed by atoms with Crippen molar-refractivity contribution in [1.29, 1.82) is 0 Å². The largest absolute Gasteiger partial charge is 0.449 e. The van der Waals surface area contributed by atoms with Crippen LogP contribution in [0.3, 0.4) is 0 Å². The molecule has 0 aromatic rings. The van der Waals surface area contributed by atoms with Crippen LogP contribution >= 0.6 is 0 Å². The third-order valence-corrected chi connectivity index (χ3v) is 1.65. The Balaban J connectivity index is 3.43. The van der Waals surface area contributed by atoms with E-state index in [0.29, 0.717) is 18.9 Å². The van der Waals surface area contributed by atoms with Gasteiger partial charge in [0.15, 0.2) is 0 Å². The molecular formula is C10H21NO3. The number of alkyl carbamates (subject to hydrolysis) is 1. The van der Waals surface area contributed by atoms with Crippen molar-refractivity contribution in [2.75, 3.05) is 13.2 Å². The number of nitrogens with one attached hydrogen (secondary N) is 1. The Labute approximate surface area is 85.6 Å². The van der Waals surface area contributed by atoms with Crippen LogP contribution in [-0.2, 0) is 4.74 Å². The molecule has 0 saturated carbocycles. The summed E-state index contributed by atoms with van der Waals surface area (Å²) in [5.41, 5.74) is 0. The van der Waals surface area contributed by atoms with Crippen molar-refractivity contribution in [3.8, 4) is 0 Å². The van der Waals surface area contributed by atoms with E-state index in [1.54, 1.807) is 0 Å². The van der Waals surface area contributed by atoms with Gasteiger partial charge in [0, 0.05) is 6.54 Å². The van der Waals surface area contributed by atoms with E-state index in [1.807, 2.05) is 20.8 Å². The van der Waals surface area contributed by atoms with Gasteiger partial charge in [0.1, 0.15) is 0 Å². The van der Waals surface area contributed by atoms with Gasteiger partial charge in [-0.1, -0.05) is 27.2 Å². The van der Waals surface area contributed by atoms with Crippen LogP contribution in [0, 0.1) is 5.92 Å². The second kappa shape index (κ2) is 7.62. The molecule has 0 radical (unpaired) electrons. The lowest BCUT2D eigenvalue weighted by Crippen LogP contribution is -2.33. The highest BCUT2D eigenvalue weighted by atomic mass is 16.5. The summed E-state index contributed by atoms with van der Waals surface area (Å²) in [5, 5.41) is 11.8. The minimum absolute atomic E-state index is 0.269. The molecule has 1 atom stereocenters. The van der Waals surface area contributed by atoms with Crippen molar-refractivity contribution < 1.29 is 14.6 Å². The fourth-order valence-corrected chi connectivity index (χ4v) is 0.930. The molecule has 0 aliphatic rings. The van der Waals surface area contributed by atoms with Crippen LogP contribution in [0.15, 0.2) is 0 Å². The van der Waals surface area contributed by atoms with Crippen molar-refractivity contribution in [3.05, 3.63) is 0 Å². The van der Waals surface area contributed by atoms with Gasteiger partial charge in [-0.05, 0) is 12.3 Å². The predicted molar refractivity (Wildman–Crippen MR) is 55.1 cm³/mol. The number of carbonyl (C=O) groups excluding carboxylic acids is 1. The lowest BCUT2D eigenvalue weighted by atomic mass is 10.2. The predicted octanol–water partition coefficient (Wildman–Crippen LogP) is 1.53. The van der Waals surface area contributed by atoms with Gasteiger partial charge in [0.2, 0.25) is 0 Å². The first-order valence-corrected chi connectivity index (χ1v) is 5.15. The van der Waals surface area contributed by atoms with Crippen molar-refractivity contribution >= 4 is 6.09 Å². The summed E-state index contributed by atoms with van der Waals surface area (Å²) in [4.78, 5) is 11.0. The fourth-order valence-electron chi connectivity index (χ4n) is 0.930. The molecule has 0 bridgehead atoms. The monoisotopic (exact) mass is 203 g/mol. The molecule has 0 aliphatic carbocycles. The number of hydrogen-bond acceptors (Lipinski definition) is 3. The van der Waals surface area contributed by atoms with Crippen molar-refractivity contribution in [1.82, 2.24) is 5.32 Å². The summed E-state index contributed by atoms with van der Waals surface area (Å²) in [6.07, 6.45) is 0.689. The van der Waals surface area contributed by atoms with E-state index < -0.39 is 12.2 Å². The van der Waals surface area contributed by atoms with Gasteiger partial charge in [0.25, 0.3) is 0 Å². The number of rotatable bonds is 6. The summed E-state index contributed by atoms with van der Waals surface area (Å²) in [5.74, 6) is 0.335. The minimum atomic E-state index is -0.466. The van der Waals surface area contributed by atoms with Gasteiger partial charge in [-0.15, -0.1) is 0 Å². The molecule has 4 nitrogen and oxygen atoms in total. The molecule has 4 heteroatoms. The quantitative estimate of drug-likeness (QED) is 0.688. The lowest BCUT2D eigenvalue weighted by molar-refractivity contribution is 0.118. The van der Waals surface area contributed by atoms with E-state index in [0.717, 1.165) is 6.42 Å². The fraction of sp³-hybridized carbons (Fsp3) is 0.900. The highest BCUT2D eigenvalue weighted by Crippen LogP contribution is 1.95. The van der Waals surface area contributed by atoms with E-state index in [9.17, 15) is 9.90 Å². The number of carbonyl (C=O) groups is 1. The van der Waals surface area contributed by atoms with Crippen LogP contribution in [0.4, 0.5) is 4.79 Å². The molecule has 0 fully saturated rings. The topological polar surface area (TPSA) is 58.6 Å². The van der Waals surface area contributed by atoms with Crippen molar-refractivity contribution in [2.24, 2.45) is 5.92 Å². The van der Waals surface area contributed by atoms with Crippen LogP contribution in [0.5, 0.6) is 0 Å². The van der Waals surface area contributed by atoms with E-state index >= 15 is 0 Å². The average molecular weight is 203 g/mol. The first-order chi connectivity index (χ1) is 6.56. The Hall–Kier alpha value is -0.770. The maximum Gasteiger partial charge on any atom is 0.407 e. The molecule has 0 saturated heterocycles. The number of amides is 1. The first kappa shape index (κ1) is 13.2. The summed E-state index contributed by atoms with van der Waals surface area (Å²) in [7, 11) is 0. The maximum absolute atomic E-state index is 11.0. The molecule has 0 aliphatic heterocycles. The van der Waals surface area contributed by atoms with Crippen LogP contribution in [0.25, 0.3) is 0 Å². The van der Waals surface area contributed by atoms with Gasteiger partial charge in [-0.3, -0.25) is 0 Å².